The molecule has 9 heteroatoms. The molecule has 0 aliphatic rings. The van der Waals surface area contributed by atoms with Gasteiger partial charge in [0.15, 0.2) is 0 Å². The molecule has 37 heavy (non-hydrogen) atoms. The van der Waals surface area contributed by atoms with Gasteiger partial charge in [0.05, 0.1) is 4.90 Å². The average molecular weight is 535 g/mol. The van der Waals surface area contributed by atoms with Gasteiger partial charge in [0.2, 0.25) is 0 Å². The van der Waals surface area contributed by atoms with E-state index in [0.717, 1.165) is 27.5 Å². The lowest BCUT2D eigenvalue weighted by Crippen LogP contribution is -2.39. The Labute approximate surface area is 222 Å². The van der Waals surface area contributed by atoms with Crippen molar-refractivity contribution in [3.05, 3.63) is 102 Å². The Kier molecular flexibility index (Phi) is 8.35. The van der Waals surface area contributed by atoms with Gasteiger partial charge in [-0.15, -0.1) is 11.8 Å². The zero-order valence-electron chi connectivity index (χ0n) is 21.0. The maximum atomic E-state index is 13.1. The largest absolute Gasteiger partial charge is 0.333 e. The fraction of sp³-hybridized carbons (Fsp3) is 0.214. The molecule has 1 heterocycles. The molecule has 3 aromatic carbocycles. The van der Waals surface area contributed by atoms with Gasteiger partial charge in [0.25, 0.3) is 10.0 Å². The Morgan fingerprint density at radius 1 is 0.946 bits per heavy atom. The summed E-state index contributed by atoms with van der Waals surface area (Å²) < 4.78 is 30.5. The number of hydrogen-bond acceptors (Lipinski definition) is 5. The number of nitrogens with zero attached hydrogens (tertiary/aromatic N) is 2. The summed E-state index contributed by atoms with van der Waals surface area (Å²) in [5.74, 6) is 1.33. The van der Waals surface area contributed by atoms with E-state index in [1.54, 1.807) is 30.0 Å². The van der Waals surface area contributed by atoms with Crippen LogP contribution in [0.5, 0.6) is 0 Å². The van der Waals surface area contributed by atoms with Crippen LogP contribution in [-0.2, 0) is 23.1 Å². The Morgan fingerprint density at radius 3 is 2.30 bits per heavy atom. The molecule has 0 atom stereocenters. The van der Waals surface area contributed by atoms with Gasteiger partial charge in [-0.25, -0.2) is 22.9 Å². The zero-order chi connectivity index (χ0) is 26.4. The van der Waals surface area contributed by atoms with Crippen LogP contribution >= 0.6 is 11.8 Å². The molecule has 0 saturated heterocycles. The minimum absolute atomic E-state index is 0.0407. The summed E-state index contributed by atoms with van der Waals surface area (Å²) in [4.78, 5) is 17.1. The van der Waals surface area contributed by atoms with Crippen molar-refractivity contribution in [1.82, 2.24) is 19.6 Å². The molecule has 2 amide bonds. The first-order valence-corrected chi connectivity index (χ1v) is 14.6. The second-order valence-electron chi connectivity index (χ2n) is 8.89. The van der Waals surface area contributed by atoms with Crippen molar-refractivity contribution in [1.29, 1.82) is 0 Å². The van der Waals surface area contributed by atoms with Crippen molar-refractivity contribution in [3.63, 3.8) is 0 Å². The van der Waals surface area contributed by atoms with E-state index in [1.807, 2.05) is 60.9 Å². The van der Waals surface area contributed by atoms with Gasteiger partial charge in [0.1, 0.15) is 10.9 Å². The van der Waals surface area contributed by atoms with Gasteiger partial charge < -0.3 is 9.88 Å². The number of sulfonamides is 1. The summed E-state index contributed by atoms with van der Waals surface area (Å²) in [6.45, 7) is 5.14. The Bertz CT molecular complexity index is 1470. The molecule has 0 radical (unpaired) electrons. The maximum absolute atomic E-state index is 13.1. The van der Waals surface area contributed by atoms with E-state index in [-0.39, 0.29) is 11.4 Å². The lowest BCUT2D eigenvalue weighted by Gasteiger charge is -2.14. The summed E-state index contributed by atoms with van der Waals surface area (Å²) in [5.41, 5.74) is 3.22. The molecule has 2 N–H and O–H groups in total. The second kappa shape index (κ2) is 11.7. The number of thioether (sulfide) groups is 1. The fourth-order valence-electron chi connectivity index (χ4n) is 4.01. The molecule has 0 aliphatic carbocycles. The number of nitrogens with one attached hydrogen (secondary N) is 2. The van der Waals surface area contributed by atoms with Gasteiger partial charge >= 0.3 is 6.03 Å². The maximum Gasteiger partial charge on any atom is 0.328 e. The summed E-state index contributed by atoms with van der Waals surface area (Å²) in [6.07, 6.45) is 4.07. The van der Waals surface area contributed by atoms with Crippen LogP contribution in [0.2, 0.25) is 0 Å². The zero-order valence-corrected chi connectivity index (χ0v) is 22.6. The number of imidazole rings is 1. The van der Waals surface area contributed by atoms with E-state index in [2.05, 4.69) is 34.7 Å². The molecular formula is C28H30N4O3S2. The number of hydrogen-bond donors (Lipinski definition) is 2. The third kappa shape index (κ3) is 6.61. The van der Waals surface area contributed by atoms with Crippen LogP contribution in [0.15, 0.2) is 95.0 Å². The molecule has 7 nitrogen and oxygen atoms in total. The molecule has 0 bridgehead atoms. The average Bonchev–Trinajstić information content (AvgIpc) is 3.31. The van der Waals surface area contributed by atoms with Crippen LogP contribution < -0.4 is 10.0 Å². The molecule has 192 valence electrons. The first kappa shape index (κ1) is 26.5. The third-order valence-electron chi connectivity index (χ3n) is 5.83. The fourth-order valence-corrected chi connectivity index (χ4v) is 5.59. The molecule has 0 fully saturated rings. The summed E-state index contributed by atoms with van der Waals surface area (Å²) in [5, 5.41) is 3.58. The van der Waals surface area contributed by atoms with Crippen LogP contribution in [0, 0.1) is 0 Å². The number of rotatable bonds is 9. The van der Waals surface area contributed by atoms with E-state index in [1.165, 1.54) is 6.07 Å². The van der Waals surface area contributed by atoms with Crippen molar-refractivity contribution < 1.29 is 13.2 Å². The van der Waals surface area contributed by atoms with Gasteiger partial charge in [0, 0.05) is 30.8 Å². The molecule has 4 aromatic rings. The minimum Gasteiger partial charge on any atom is -0.333 e. The predicted molar refractivity (Wildman–Crippen MR) is 148 cm³/mol. The van der Waals surface area contributed by atoms with Gasteiger partial charge in [-0.05, 0) is 29.0 Å². The number of aromatic nitrogens is 2. The van der Waals surface area contributed by atoms with Crippen LogP contribution in [0.1, 0.15) is 36.7 Å². The lowest BCUT2D eigenvalue weighted by molar-refractivity contribution is 0.245. The summed E-state index contributed by atoms with van der Waals surface area (Å²) >= 11 is 1.62. The summed E-state index contributed by atoms with van der Waals surface area (Å²) in [7, 11) is -4.09. The Hall–Kier alpha value is -3.56. The molecule has 0 saturated carbocycles. The van der Waals surface area contributed by atoms with Crippen molar-refractivity contribution in [2.24, 2.45) is 0 Å². The van der Waals surface area contributed by atoms with E-state index in [0.29, 0.717) is 18.0 Å². The number of amides is 2. The lowest BCUT2D eigenvalue weighted by atomic mass is 10.0. The molecule has 0 aliphatic heterocycles. The number of urea groups is 1. The highest BCUT2D eigenvalue weighted by Gasteiger charge is 2.21. The monoisotopic (exact) mass is 534 g/mol. The summed E-state index contributed by atoms with van der Waals surface area (Å²) in [6, 6.07) is 23.0. The second-order valence-corrected chi connectivity index (χ2v) is 11.4. The first-order valence-electron chi connectivity index (χ1n) is 11.9. The van der Waals surface area contributed by atoms with Crippen LogP contribution in [0.4, 0.5) is 4.79 Å². The Balaban J connectivity index is 1.51. The van der Waals surface area contributed by atoms with E-state index in [4.69, 9.17) is 4.98 Å². The van der Waals surface area contributed by atoms with Crippen LogP contribution in [0.3, 0.4) is 0 Å². The van der Waals surface area contributed by atoms with Crippen LogP contribution in [0.25, 0.3) is 11.1 Å². The SMILES string of the molecule is CSc1cn(Cc2ccc(-c3ccccc3S(=O)(=O)NC(=O)NCc3ccccc3)cc2)c(C(C)C)n1. The highest BCUT2D eigenvalue weighted by molar-refractivity contribution is 7.98. The number of carbonyl (C=O) groups is 1. The van der Waals surface area contributed by atoms with E-state index < -0.39 is 16.1 Å². The van der Waals surface area contributed by atoms with Crippen molar-refractivity contribution in [2.45, 2.75) is 42.8 Å². The number of carbonyl (C=O) groups excluding carboxylic acids is 1. The van der Waals surface area contributed by atoms with Gasteiger partial charge in [-0.3, -0.25) is 0 Å². The quantitative estimate of drug-likeness (QED) is 0.272. The van der Waals surface area contributed by atoms with E-state index in [9.17, 15) is 13.2 Å². The number of benzene rings is 3. The molecular weight excluding hydrogens is 504 g/mol. The normalized spacial score (nSPS) is 11.5. The molecule has 0 unspecified atom stereocenters. The van der Waals surface area contributed by atoms with Gasteiger partial charge in [-0.2, -0.15) is 0 Å². The Morgan fingerprint density at radius 2 is 1.62 bits per heavy atom. The van der Waals surface area contributed by atoms with E-state index >= 15 is 0 Å². The minimum atomic E-state index is -4.09. The van der Waals surface area contributed by atoms with Crippen molar-refractivity contribution in [3.8, 4) is 11.1 Å². The predicted octanol–water partition coefficient (Wildman–Crippen LogP) is 5.63. The van der Waals surface area contributed by atoms with Crippen molar-refractivity contribution in [2.75, 3.05) is 6.26 Å². The highest BCUT2D eigenvalue weighted by atomic mass is 32.2. The molecule has 4 rings (SSSR count). The topological polar surface area (TPSA) is 93.1 Å². The smallest absolute Gasteiger partial charge is 0.328 e. The van der Waals surface area contributed by atoms with Crippen LogP contribution in [-0.4, -0.2) is 30.3 Å². The molecule has 0 spiro atoms. The molecule has 1 aromatic heterocycles. The first-order chi connectivity index (χ1) is 17.8. The van der Waals surface area contributed by atoms with Crippen molar-refractivity contribution >= 4 is 27.8 Å². The highest BCUT2D eigenvalue weighted by Crippen LogP contribution is 2.28. The third-order valence-corrected chi connectivity index (χ3v) is 7.83. The standard InChI is InChI=1S/C28H30N4O3S2/c1-20(2)27-30-26(36-3)19-32(27)18-22-13-15-23(16-14-22)24-11-7-8-12-25(24)37(34,35)31-28(33)29-17-21-9-5-4-6-10-21/h4-16,19-20H,17-18H2,1-3H3,(H2,29,31,33). The van der Waals surface area contributed by atoms with Gasteiger partial charge in [-0.1, -0.05) is 86.6 Å².